The topological polar surface area (TPSA) is 104 Å². The van der Waals surface area contributed by atoms with Crippen molar-refractivity contribution in [2.45, 2.75) is 13.3 Å². The summed E-state index contributed by atoms with van der Waals surface area (Å²) < 4.78 is 55.2. The molecule has 148 valence electrons. The van der Waals surface area contributed by atoms with Crippen molar-refractivity contribution < 1.29 is 22.0 Å². The maximum atomic E-state index is 14.7. The predicted octanol–water partition coefficient (Wildman–Crippen LogP) is 4.01. The number of H-pyrrole nitrogens is 1. The van der Waals surface area contributed by atoms with Crippen LogP contribution in [0, 0.1) is 11.6 Å². The lowest BCUT2D eigenvalue weighted by atomic mass is 10.1. The third kappa shape index (κ3) is 4.14. The van der Waals surface area contributed by atoms with E-state index in [0.29, 0.717) is 21.9 Å². The van der Waals surface area contributed by atoms with Crippen LogP contribution >= 0.6 is 15.9 Å². The molecular weight excluding hydrogens is 458 g/mol. The molecule has 0 unspecified atom stereocenters. The lowest BCUT2D eigenvalue weighted by molar-refractivity contribution is 0.101. The third-order valence-corrected chi connectivity index (χ3v) is 5.93. The number of nitrogens with one attached hydrogen (secondary N) is 3. The maximum Gasteiger partial charge on any atom is 0.261 e. The first kappa shape index (κ1) is 20.2. The van der Waals surface area contributed by atoms with Crippen LogP contribution in [0.15, 0.2) is 35.1 Å². The monoisotopic (exact) mass is 472 g/mol. The van der Waals surface area contributed by atoms with Crippen molar-refractivity contribution in [3.8, 4) is 0 Å². The zero-order chi connectivity index (χ0) is 20.5. The van der Waals surface area contributed by atoms with Gasteiger partial charge in [-0.05, 0) is 40.5 Å². The third-order valence-electron chi connectivity index (χ3n) is 3.79. The van der Waals surface area contributed by atoms with E-state index >= 15 is 0 Å². The molecule has 0 fully saturated rings. The second-order valence-electron chi connectivity index (χ2n) is 5.92. The van der Waals surface area contributed by atoms with E-state index in [4.69, 9.17) is 0 Å². The quantitative estimate of drug-likeness (QED) is 0.504. The van der Waals surface area contributed by atoms with Crippen LogP contribution in [-0.4, -0.2) is 30.0 Å². The molecule has 3 N–H and O–H groups in total. The zero-order valence-corrected chi connectivity index (χ0v) is 16.9. The minimum absolute atomic E-state index is 0.216. The molecule has 0 saturated heterocycles. The summed E-state index contributed by atoms with van der Waals surface area (Å²) in [4.78, 5) is 19.4. The van der Waals surface area contributed by atoms with E-state index in [0.717, 1.165) is 12.1 Å². The highest BCUT2D eigenvalue weighted by atomic mass is 79.9. The molecule has 1 aromatic carbocycles. The van der Waals surface area contributed by atoms with Crippen LogP contribution in [-0.2, 0) is 10.0 Å². The van der Waals surface area contributed by atoms with Crippen LogP contribution < -0.4 is 10.0 Å². The van der Waals surface area contributed by atoms with Gasteiger partial charge < -0.3 is 10.3 Å². The van der Waals surface area contributed by atoms with E-state index in [9.17, 15) is 22.0 Å². The van der Waals surface area contributed by atoms with E-state index in [1.165, 1.54) is 6.20 Å². The summed E-state index contributed by atoms with van der Waals surface area (Å²) in [6, 6.07) is 3.33. The fourth-order valence-electron chi connectivity index (χ4n) is 2.56. The molecule has 0 aliphatic rings. The number of fused-ring (bicyclic) bond motifs is 1. The smallest absolute Gasteiger partial charge is 0.261 e. The Hall–Kier alpha value is -2.53. The number of anilines is 2. The van der Waals surface area contributed by atoms with Gasteiger partial charge in [-0.2, -0.15) is 0 Å². The van der Waals surface area contributed by atoms with Crippen molar-refractivity contribution >= 4 is 54.3 Å². The number of aromatic amines is 1. The Kier molecular flexibility index (Phi) is 5.66. The number of pyridine rings is 1. The molecule has 0 saturated carbocycles. The average Bonchev–Trinajstić information content (AvgIpc) is 2.98. The van der Waals surface area contributed by atoms with Gasteiger partial charge in [-0.3, -0.25) is 9.52 Å². The van der Waals surface area contributed by atoms with Crippen LogP contribution in [0.2, 0.25) is 0 Å². The van der Waals surface area contributed by atoms with Crippen molar-refractivity contribution in [3.05, 3.63) is 52.3 Å². The summed E-state index contributed by atoms with van der Waals surface area (Å²) in [6.07, 6.45) is 3.30. The Morgan fingerprint density at radius 2 is 2.07 bits per heavy atom. The number of nitrogens with zero attached hydrogens (tertiary/aromatic N) is 1. The minimum atomic E-state index is -3.81. The Bertz CT molecular complexity index is 1160. The highest BCUT2D eigenvalue weighted by Gasteiger charge is 2.23. The number of hydrogen-bond acceptors (Lipinski definition) is 4. The number of carbonyl (C=O) groups excluding carboxylic acids is 1. The molecule has 2 aromatic heterocycles. The Balaban J connectivity index is 1.92. The first-order valence-corrected chi connectivity index (χ1v) is 10.6. The van der Waals surface area contributed by atoms with Gasteiger partial charge in [0, 0.05) is 16.1 Å². The fraction of sp³-hybridized carbons (Fsp3) is 0.176. The summed E-state index contributed by atoms with van der Waals surface area (Å²) in [5.41, 5.74) is -0.616. The summed E-state index contributed by atoms with van der Waals surface area (Å²) in [7, 11) is -3.81. The Labute approximate surface area is 167 Å². The number of benzene rings is 1. The van der Waals surface area contributed by atoms with Crippen molar-refractivity contribution in [2.24, 2.45) is 0 Å². The van der Waals surface area contributed by atoms with E-state index in [1.54, 1.807) is 19.2 Å². The molecule has 0 radical (unpaired) electrons. The number of amides is 1. The first-order valence-electron chi connectivity index (χ1n) is 8.14. The molecule has 7 nitrogen and oxygen atoms in total. The second-order valence-corrected chi connectivity index (χ2v) is 8.61. The van der Waals surface area contributed by atoms with Crippen LogP contribution in [0.3, 0.4) is 0 Å². The summed E-state index contributed by atoms with van der Waals surface area (Å²) >= 11 is 3.32. The van der Waals surface area contributed by atoms with Gasteiger partial charge in [0.25, 0.3) is 5.91 Å². The predicted molar refractivity (Wildman–Crippen MR) is 106 cm³/mol. The second kappa shape index (κ2) is 7.84. The van der Waals surface area contributed by atoms with Crippen molar-refractivity contribution in [1.29, 1.82) is 0 Å². The standard InChI is InChI=1S/C17H15BrF2N4O3S/c1-2-5-28(26,27)24-13-4-3-12(19)14(15(13)20)17(25)23-9-6-10-11(18)8-22-16(10)21-7-9/h3-4,6-8,24H,2,5H2,1H3,(H,21,22)(H,23,25). The fourth-order valence-corrected chi connectivity index (χ4v) is 4.11. The van der Waals surface area contributed by atoms with E-state index in [2.05, 4.69) is 31.2 Å². The van der Waals surface area contributed by atoms with Crippen molar-refractivity contribution in [1.82, 2.24) is 9.97 Å². The molecule has 28 heavy (non-hydrogen) atoms. The molecule has 3 aromatic rings. The highest BCUT2D eigenvalue weighted by molar-refractivity contribution is 9.10. The number of rotatable bonds is 6. The Morgan fingerprint density at radius 3 is 2.79 bits per heavy atom. The van der Waals surface area contributed by atoms with Gasteiger partial charge in [-0.1, -0.05) is 6.92 Å². The zero-order valence-electron chi connectivity index (χ0n) is 14.5. The van der Waals surface area contributed by atoms with Gasteiger partial charge in [0.15, 0.2) is 5.82 Å². The number of hydrogen-bond donors (Lipinski definition) is 3. The van der Waals surface area contributed by atoms with Crippen LogP contribution in [0.5, 0.6) is 0 Å². The summed E-state index contributed by atoms with van der Waals surface area (Å²) in [5.74, 6) is -3.72. The van der Waals surface area contributed by atoms with Gasteiger partial charge in [-0.15, -0.1) is 0 Å². The molecule has 3 rings (SSSR count). The molecule has 2 heterocycles. The SMILES string of the molecule is CCCS(=O)(=O)Nc1ccc(F)c(C(=O)Nc2cnc3[nH]cc(Br)c3c2)c1F. The lowest BCUT2D eigenvalue weighted by Gasteiger charge is -2.12. The molecule has 0 atom stereocenters. The van der Waals surface area contributed by atoms with Gasteiger partial charge in [0.2, 0.25) is 10.0 Å². The molecule has 0 aliphatic heterocycles. The lowest BCUT2D eigenvalue weighted by Crippen LogP contribution is -2.20. The van der Waals surface area contributed by atoms with Gasteiger partial charge >= 0.3 is 0 Å². The molecule has 0 spiro atoms. The van der Waals surface area contributed by atoms with Gasteiger partial charge in [0.05, 0.1) is 23.3 Å². The number of aromatic nitrogens is 2. The summed E-state index contributed by atoms with van der Waals surface area (Å²) in [5, 5.41) is 3.04. The largest absolute Gasteiger partial charge is 0.345 e. The molecule has 1 amide bonds. The van der Waals surface area contributed by atoms with E-state index in [1.807, 2.05) is 4.72 Å². The molecule has 11 heteroatoms. The number of halogens is 3. The van der Waals surface area contributed by atoms with Gasteiger partial charge in [-0.25, -0.2) is 22.2 Å². The Morgan fingerprint density at radius 1 is 1.32 bits per heavy atom. The van der Waals surface area contributed by atoms with Crippen molar-refractivity contribution in [3.63, 3.8) is 0 Å². The van der Waals surface area contributed by atoms with Crippen molar-refractivity contribution in [2.75, 3.05) is 15.8 Å². The van der Waals surface area contributed by atoms with E-state index in [-0.39, 0.29) is 11.4 Å². The van der Waals surface area contributed by atoms with Crippen LogP contribution in [0.25, 0.3) is 11.0 Å². The highest BCUT2D eigenvalue weighted by Crippen LogP contribution is 2.26. The van der Waals surface area contributed by atoms with Gasteiger partial charge in [0.1, 0.15) is 17.0 Å². The van der Waals surface area contributed by atoms with Crippen LogP contribution in [0.4, 0.5) is 20.2 Å². The molecule has 0 bridgehead atoms. The minimum Gasteiger partial charge on any atom is -0.345 e. The molecule has 0 aliphatic carbocycles. The number of carbonyl (C=O) groups is 1. The molecular formula is C17H15BrF2N4O3S. The first-order chi connectivity index (χ1) is 13.2. The average molecular weight is 473 g/mol. The maximum absolute atomic E-state index is 14.7. The normalized spacial score (nSPS) is 11.6. The number of sulfonamides is 1. The van der Waals surface area contributed by atoms with E-state index < -0.39 is 38.8 Å². The van der Waals surface area contributed by atoms with Crippen LogP contribution in [0.1, 0.15) is 23.7 Å². The summed E-state index contributed by atoms with van der Waals surface area (Å²) in [6.45, 7) is 1.65.